The highest BCUT2D eigenvalue weighted by Gasteiger charge is 2.44. The van der Waals surface area contributed by atoms with Gasteiger partial charge in [-0.3, -0.25) is 0 Å². The number of carboxylic acid groups (broad SMARTS) is 1. The number of benzene rings is 1. The summed E-state index contributed by atoms with van der Waals surface area (Å²) in [5.41, 5.74) is 4.48. The van der Waals surface area contributed by atoms with Gasteiger partial charge >= 0.3 is 12.1 Å². The lowest BCUT2D eigenvalue weighted by molar-refractivity contribution is -0.192. The predicted octanol–water partition coefficient (Wildman–Crippen LogP) is 3.25. The van der Waals surface area contributed by atoms with Gasteiger partial charge in [-0.25, -0.2) is 4.79 Å². The summed E-state index contributed by atoms with van der Waals surface area (Å²) in [7, 11) is 0. The SMILES string of the molecule is CCCc1cccc2c1COC1(C)CNCC21.O=C(O)C(F)(F)F. The molecule has 7 heteroatoms. The van der Waals surface area contributed by atoms with E-state index in [-0.39, 0.29) is 5.60 Å². The van der Waals surface area contributed by atoms with Gasteiger partial charge in [0.05, 0.1) is 12.2 Å². The molecular weight excluding hydrogens is 323 g/mol. The van der Waals surface area contributed by atoms with Crippen molar-refractivity contribution in [3.05, 3.63) is 34.9 Å². The smallest absolute Gasteiger partial charge is 0.475 e. The Kier molecular flexibility index (Phi) is 5.55. The third-order valence-corrected chi connectivity index (χ3v) is 4.55. The number of alkyl halides is 3. The molecule has 2 unspecified atom stereocenters. The molecule has 1 aromatic carbocycles. The molecule has 0 amide bonds. The van der Waals surface area contributed by atoms with Crippen molar-refractivity contribution in [1.29, 1.82) is 0 Å². The normalized spacial score (nSPS) is 25.3. The minimum absolute atomic E-state index is 0.0117. The Bertz CT molecular complexity index is 603. The average Bonchev–Trinajstić information content (AvgIpc) is 2.89. The minimum atomic E-state index is -5.08. The van der Waals surface area contributed by atoms with E-state index < -0.39 is 12.1 Å². The number of fused-ring (bicyclic) bond motifs is 3. The summed E-state index contributed by atoms with van der Waals surface area (Å²) in [6.45, 7) is 7.31. The molecule has 134 valence electrons. The molecule has 2 atom stereocenters. The quantitative estimate of drug-likeness (QED) is 0.864. The van der Waals surface area contributed by atoms with Crippen LogP contribution in [0.2, 0.25) is 0 Å². The maximum atomic E-state index is 10.6. The third-order valence-electron chi connectivity index (χ3n) is 4.55. The molecule has 3 rings (SSSR count). The van der Waals surface area contributed by atoms with Crippen molar-refractivity contribution < 1.29 is 27.8 Å². The predicted molar refractivity (Wildman–Crippen MR) is 82.9 cm³/mol. The van der Waals surface area contributed by atoms with E-state index in [9.17, 15) is 13.2 Å². The van der Waals surface area contributed by atoms with E-state index in [4.69, 9.17) is 14.6 Å². The Morgan fingerprint density at radius 2 is 2.12 bits per heavy atom. The van der Waals surface area contributed by atoms with Crippen molar-refractivity contribution in [1.82, 2.24) is 5.32 Å². The second kappa shape index (κ2) is 7.11. The molecule has 0 aliphatic carbocycles. The molecule has 2 aliphatic rings. The molecule has 1 saturated heterocycles. The maximum absolute atomic E-state index is 10.6. The van der Waals surface area contributed by atoms with Gasteiger partial charge in [-0.1, -0.05) is 31.5 Å². The van der Waals surface area contributed by atoms with Crippen LogP contribution in [0, 0.1) is 0 Å². The van der Waals surface area contributed by atoms with E-state index in [1.165, 1.54) is 29.5 Å². The van der Waals surface area contributed by atoms with Crippen LogP contribution in [-0.2, 0) is 22.6 Å². The largest absolute Gasteiger partial charge is 0.490 e. The second-order valence-electron chi connectivity index (χ2n) is 6.32. The highest BCUT2D eigenvalue weighted by Crippen LogP contribution is 2.42. The molecule has 0 spiro atoms. The average molecular weight is 345 g/mol. The van der Waals surface area contributed by atoms with Crippen molar-refractivity contribution in [3.8, 4) is 0 Å². The zero-order chi connectivity index (χ0) is 18.0. The zero-order valence-electron chi connectivity index (χ0n) is 13.7. The number of hydrogen-bond donors (Lipinski definition) is 2. The lowest BCUT2D eigenvalue weighted by Crippen LogP contribution is -2.40. The van der Waals surface area contributed by atoms with E-state index in [1.54, 1.807) is 0 Å². The summed E-state index contributed by atoms with van der Waals surface area (Å²) in [4.78, 5) is 8.90. The maximum Gasteiger partial charge on any atom is 0.490 e. The van der Waals surface area contributed by atoms with E-state index in [2.05, 4.69) is 37.4 Å². The van der Waals surface area contributed by atoms with Crippen molar-refractivity contribution in [3.63, 3.8) is 0 Å². The molecule has 0 bridgehead atoms. The molecular formula is C17H22F3NO3. The number of aryl methyl sites for hydroxylation is 1. The van der Waals surface area contributed by atoms with Crippen molar-refractivity contribution in [2.45, 2.75) is 51.0 Å². The Labute approximate surface area is 139 Å². The first-order chi connectivity index (χ1) is 11.2. The molecule has 0 saturated carbocycles. The van der Waals surface area contributed by atoms with Crippen molar-refractivity contribution >= 4 is 5.97 Å². The fraction of sp³-hybridized carbons (Fsp3) is 0.588. The molecule has 4 nitrogen and oxygen atoms in total. The summed E-state index contributed by atoms with van der Waals surface area (Å²) in [6.07, 6.45) is -2.71. The van der Waals surface area contributed by atoms with Gasteiger partial charge in [0.1, 0.15) is 0 Å². The van der Waals surface area contributed by atoms with Gasteiger partial charge in [-0.2, -0.15) is 13.2 Å². The van der Waals surface area contributed by atoms with Gasteiger partial charge < -0.3 is 15.2 Å². The monoisotopic (exact) mass is 345 g/mol. The third kappa shape index (κ3) is 3.89. The first-order valence-corrected chi connectivity index (χ1v) is 7.94. The topological polar surface area (TPSA) is 58.6 Å². The number of halogens is 3. The molecule has 2 N–H and O–H groups in total. The van der Waals surface area contributed by atoms with Crippen LogP contribution in [-0.4, -0.2) is 35.9 Å². The summed E-state index contributed by atoms with van der Waals surface area (Å²) in [5, 5.41) is 10.6. The van der Waals surface area contributed by atoms with E-state index in [0.717, 1.165) is 19.7 Å². The second-order valence-corrected chi connectivity index (χ2v) is 6.32. The minimum Gasteiger partial charge on any atom is -0.475 e. The molecule has 24 heavy (non-hydrogen) atoms. The molecule has 0 aromatic heterocycles. The van der Waals surface area contributed by atoms with Crippen LogP contribution in [0.5, 0.6) is 0 Å². The summed E-state index contributed by atoms with van der Waals surface area (Å²) >= 11 is 0. The standard InChI is InChI=1S/C15H21NO.C2HF3O2/c1-3-5-11-6-4-7-12-13(11)9-17-15(2)10-16-8-14(12)15;3-2(4,5)1(6)7/h4,6-7,14,16H,3,5,8-10H2,1-2H3;(H,6,7). The first kappa shape index (κ1) is 18.7. The summed E-state index contributed by atoms with van der Waals surface area (Å²) < 4.78 is 37.9. The molecule has 2 heterocycles. The van der Waals surface area contributed by atoms with Gasteiger partial charge in [0, 0.05) is 19.0 Å². The number of aliphatic carboxylic acids is 1. The number of carboxylic acids is 1. The van der Waals surface area contributed by atoms with Crippen molar-refractivity contribution in [2.75, 3.05) is 13.1 Å². The molecule has 0 radical (unpaired) electrons. The Morgan fingerprint density at radius 3 is 2.71 bits per heavy atom. The van der Waals surface area contributed by atoms with Crippen LogP contribution in [0.15, 0.2) is 18.2 Å². The van der Waals surface area contributed by atoms with Gasteiger partial charge in [-0.15, -0.1) is 0 Å². The molecule has 1 aromatic rings. The van der Waals surface area contributed by atoms with E-state index in [0.29, 0.717) is 5.92 Å². The van der Waals surface area contributed by atoms with Gasteiger partial charge in [0.25, 0.3) is 0 Å². The lowest BCUT2D eigenvalue weighted by Gasteiger charge is -2.37. The molecule has 1 fully saturated rings. The Balaban J connectivity index is 0.000000256. The molecule has 2 aliphatic heterocycles. The Morgan fingerprint density at radius 1 is 1.46 bits per heavy atom. The van der Waals surface area contributed by atoms with Gasteiger partial charge in [-0.05, 0) is 30.0 Å². The number of ether oxygens (including phenoxy) is 1. The van der Waals surface area contributed by atoms with Crippen LogP contribution in [0.1, 0.15) is 42.9 Å². The van der Waals surface area contributed by atoms with Crippen LogP contribution in [0.25, 0.3) is 0 Å². The number of carbonyl (C=O) groups is 1. The highest BCUT2D eigenvalue weighted by molar-refractivity contribution is 5.73. The zero-order valence-corrected chi connectivity index (χ0v) is 13.7. The Hall–Kier alpha value is -1.60. The first-order valence-electron chi connectivity index (χ1n) is 7.94. The van der Waals surface area contributed by atoms with Crippen LogP contribution in [0.4, 0.5) is 13.2 Å². The summed E-state index contributed by atoms with van der Waals surface area (Å²) in [6, 6.07) is 6.78. The van der Waals surface area contributed by atoms with Gasteiger partial charge in [0.15, 0.2) is 0 Å². The number of hydrogen-bond acceptors (Lipinski definition) is 3. The highest BCUT2D eigenvalue weighted by atomic mass is 19.4. The lowest BCUT2D eigenvalue weighted by atomic mass is 9.80. The van der Waals surface area contributed by atoms with Gasteiger partial charge in [0.2, 0.25) is 0 Å². The summed E-state index contributed by atoms with van der Waals surface area (Å²) in [5.74, 6) is -2.23. The van der Waals surface area contributed by atoms with Crippen molar-refractivity contribution in [2.24, 2.45) is 0 Å². The van der Waals surface area contributed by atoms with E-state index in [1.807, 2.05) is 0 Å². The fourth-order valence-corrected chi connectivity index (χ4v) is 3.29. The number of rotatable bonds is 2. The van der Waals surface area contributed by atoms with E-state index >= 15 is 0 Å². The fourth-order valence-electron chi connectivity index (χ4n) is 3.29. The number of nitrogens with one attached hydrogen (secondary N) is 1. The van der Waals surface area contributed by atoms with Crippen LogP contribution >= 0.6 is 0 Å². The van der Waals surface area contributed by atoms with Crippen LogP contribution in [0.3, 0.4) is 0 Å². The van der Waals surface area contributed by atoms with Crippen LogP contribution < -0.4 is 5.32 Å².